The Kier molecular flexibility index (Phi) is 7.48. The summed E-state index contributed by atoms with van der Waals surface area (Å²) >= 11 is 1.47. The largest absolute Gasteiger partial charge is 0.490 e. The molecule has 1 N–H and O–H groups in total. The van der Waals surface area contributed by atoms with Gasteiger partial charge in [0.05, 0.1) is 29.6 Å². The Bertz CT molecular complexity index is 1760. The minimum absolute atomic E-state index is 0.0953. The van der Waals surface area contributed by atoms with E-state index in [0.29, 0.717) is 11.3 Å². The number of thiophene rings is 1. The van der Waals surface area contributed by atoms with Crippen LogP contribution >= 0.6 is 11.3 Å². The molecule has 3 aromatic heterocycles. The fourth-order valence-corrected chi connectivity index (χ4v) is 6.11. The summed E-state index contributed by atoms with van der Waals surface area (Å²) in [7, 11) is 3.45. The first-order valence-corrected chi connectivity index (χ1v) is 14.1. The van der Waals surface area contributed by atoms with E-state index < -0.39 is 11.6 Å². The first kappa shape index (κ1) is 26.4. The summed E-state index contributed by atoms with van der Waals surface area (Å²) in [6.45, 7) is 2.20. The molecule has 1 aliphatic rings. The molecule has 0 amide bonds. The highest BCUT2D eigenvalue weighted by molar-refractivity contribution is 7.17. The average molecular weight is 559 g/mol. The summed E-state index contributed by atoms with van der Waals surface area (Å²) in [6.07, 6.45) is 3.85. The summed E-state index contributed by atoms with van der Waals surface area (Å²) in [4.78, 5) is 5.06. The number of fused-ring (bicyclic) bond motifs is 2. The predicted molar refractivity (Wildman–Crippen MR) is 155 cm³/mol. The van der Waals surface area contributed by atoms with E-state index >= 15 is 4.39 Å². The van der Waals surface area contributed by atoms with Crippen molar-refractivity contribution in [2.45, 2.75) is 12.8 Å². The molecule has 0 saturated carbocycles. The minimum atomic E-state index is -0.726. The van der Waals surface area contributed by atoms with Gasteiger partial charge in [-0.05, 0) is 48.9 Å². The van der Waals surface area contributed by atoms with E-state index in [-0.39, 0.29) is 30.4 Å². The molecule has 1 saturated heterocycles. The zero-order valence-electron chi connectivity index (χ0n) is 22.3. The van der Waals surface area contributed by atoms with Crippen molar-refractivity contribution >= 4 is 32.3 Å². The summed E-state index contributed by atoms with van der Waals surface area (Å²) in [5, 5.41) is 11.6. The Morgan fingerprint density at radius 3 is 2.88 bits per heavy atom. The average Bonchev–Trinajstić information content (AvgIpc) is 3.59. The Balaban J connectivity index is 1.59. The van der Waals surface area contributed by atoms with Crippen LogP contribution in [0.25, 0.3) is 43.4 Å². The third-order valence-corrected chi connectivity index (χ3v) is 8.06. The number of piperidine rings is 1. The number of halogens is 2. The molecule has 1 fully saturated rings. The molecule has 5 aromatic rings. The lowest BCUT2D eigenvalue weighted by atomic mass is 9.96. The maximum Gasteiger partial charge on any atom is 0.137 e. The second kappa shape index (κ2) is 11.3. The second-order valence-corrected chi connectivity index (χ2v) is 10.7. The van der Waals surface area contributed by atoms with Gasteiger partial charge < -0.3 is 14.8 Å². The number of hydrogen-bond donors (Lipinski definition) is 1. The van der Waals surface area contributed by atoms with Crippen LogP contribution in [0.1, 0.15) is 18.5 Å². The maximum absolute atomic E-state index is 15.7. The van der Waals surface area contributed by atoms with E-state index in [0.717, 1.165) is 64.2 Å². The smallest absolute Gasteiger partial charge is 0.137 e. The summed E-state index contributed by atoms with van der Waals surface area (Å²) in [5.41, 5.74) is 3.77. The number of methoxy groups -OCH3 is 1. The van der Waals surface area contributed by atoms with Gasteiger partial charge in [0.1, 0.15) is 29.7 Å². The highest BCUT2D eigenvalue weighted by Crippen LogP contribution is 2.44. The minimum Gasteiger partial charge on any atom is -0.490 e. The van der Waals surface area contributed by atoms with Crippen LogP contribution in [0.15, 0.2) is 48.0 Å². The lowest BCUT2D eigenvalue weighted by Gasteiger charge is -2.18. The van der Waals surface area contributed by atoms with Gasteiger partial charge in [0.15, 0.2) is 0 Å². The van der Waals surface area contributed by atoms with Crippen molar-refractivity contribution in [3.8, 4) is 40.0 Å². The lowest BCUT2D eigenvalue weighted by Crippen LogP contribution is -2.28. The number of nitrogens with zero attached hydrogens (tertiary/aromatic N) is 3. The van der Waals surface area contributed by atoms with E-state index in [2.05, 4.69) is 28.3 Å². The number of benzene rings is 2. The van der Waals surface area contributed by atoms with Crippen molar-refractivity contribution in [2.75, 3.05) is 33.4 Å². The standard InChI is InChI=1S/C31H28F2N4O2S/c1-37-26-8-6-20(14-21(26)18-35-37)30-23-9-13-40-31(23)29(25(36-30)7-5-19-4-3-10-34-17-19)28-24(33)15-22(32)16-27(28)39-12-11-38-2/h6,8-9,13-16,18-19,34H,3-4,10-12,17H2,1-2H3/t19-/m1/s1. The quantitative estimate of drug-likeness (QED) is 0.200. The highest BCUT2D eigenvalue weighted by Gasteiger charge is 2.24. The number of nitrogens with one attached hydrogen (secondary N) is 1. The highest BCUT2D eigenvalue weighted by atomic mass is 32.1. The number of aryl methyl sites for hydroxylation is 1. The van der Waals surface area contributed by atoms with Crippen molar-refractivity contribution in [1.82, 2.24) is 20.1 Å². The first-order chi connectivity index (χ1) is 19.5. The van der Waals surface area contributed by atoms with E-state index in [1.165, 1.54) is 17.4 Å². The van der Waals surface area contributed by atoms with Crippen LogP contribution in [0.2, 0.25) is 0 Å². The second-order valence-electron chi connectivity index (χ2n) is 9.80. The van der Waals surface area contributed by atoms with Crippen LogP contribution in [0, 0.1) is 29.4 Å². The van der Waals surface area contributed by atoms with Crippen LogP contribution in [0.3, 0.4) is 0 Å². The van der Waals surface area contributed by atoms with Gasteiger partial charge >= 0.3 is 0 Å². The van der Waals surface area contributed by atoms with Crippen molar-refractivity contribution in [1.29, 1.82) is 0 Å². The zero-order chi connectivity index (χ0) is 27.6. The molecular formula is C31H28F2N4O2S. The topological polar surface area (TPSA) is 61.2 Å². The molecule has 9 heteroatoms. The lowest BCUT2D eigenvalue weighted by molar-refractivity contribution is 0.146. The molecule has 0 radical (unpaired) electrons. The van der Waals surface area contributed by atoms with Crippen molar-refractivity contribution in [3.05, 3.63) is 65.3 Å². The summed E-state index contributed by atoms with van der Waals surface area (Å²) in [5.74, 6) is 5.49. The molecule has 204 valence electrons. The Morgan fingerprint density at radius 1 is 1.15 bits per heavy atom. The Hall–Kier alpha value is -3.84. The van der Waals surface area contributed by atoms with Gasteiger partial charge in [0.25, 0.3) is 0 Å². The molecule has 4 heterocycles. The Morgan fingerprint density at radius 2 is 2.05 bits per heavy atom. The molecule has 1 aliphatic heterocycles. The van der Waals surface area contributed by atoms with Crippen LogP contribution < -0.4 is 10.1 Å². The third-order valence-electron chi connectivity index (χ3n) is 7.13. The van der Waals surface area contributed by atoms with Gasteiger partial charge in [-0.2, -0.15) is 5.10 Å². The van der Waals surface area contributed by atoms with Gasteiger partial charge in [-0.25, -0.2) is 13.8 Å². The summed E-state index contributed by atoms with van der Waals surface area (Å²) in [6, 6.07) is 10.2. The van der Waals surface area contributed by atoms with Crippen LogP contribution in [0.4, 0.5) is 8.78 Å². The normalized spacial score (nSPS) is 15.3. The van der Waals surface area contributed by atoms with Crippen molar-refractivity contribution in [3.63, 3.8) is 0 Å². The monoisotopic (exact) mass is 558 g/mol. The zero-order valence-corrected chi connectivity index (χ0v) is 23.1. The van der Waals surface area contributed by atoms with Gasteiger partial charge in [-0.15, -0.1) is 11.3 Å². The van der Waals surface area contributed by atoms with Gasteiger partial charge in [0, 0.05) is 65.4 Å². The first-order valence-electron chi connectivity index (χ1n) is 13.2. The van der Waals surface area contributed by atoms with Gasteiger partial charge in [-0.3, -0.25) is 4.68 Å². The molecule has 0 unspecified atom stereocenters. The molecule has 0 bridgehead atoms. The van der Waals surface area contributed by atoms with E-state index in [4.69, 9.17) is 14.5 Å². The fourth-order valence-electron chi connectivity index (χ4n) is 5.17. The summed E-state index contributed by atoms with van der Waals surface area (Å²) < 4.78 is 43.6. The SMILES string of the molecule is COCCOc1cc(F)cc(F)c1-c1c(C#C[C@H]2CCCNC2)nc(-c2ccc3c(cnn3C)c2)c2ccsc12. The fraction of sp³-hybridized carbons (Fsp3) is 0.290. The van der Waals surface area contributed by atoms with Crippen LogP contribution in [-0.4, -0.2) is 48.2 Å². The molecule has 6 rings (SSSR count). The molecule has 1 atom stereocenters. The van der Waals surface area contributed by atoms with Crippen LogP contribution in [0.5, 0.6) is 5.75 Å². The molecule has 0 aliphatic carbocycles. The molecule has 40 heavy (non-hydrogen) atoms. The van der Waals surface area contributed by atoms with E-state index in [9.17, 15) is 4.39 Å². The Labute approximate surface area is 234 Å². The number of rotatable bonds is 6. The number of hydrogen-bond acceptors (Lipinski definition) is 6. The van der Waals surface area contributed by atoms with Crippen molar-refractivity contribution in [2.24, 2.45) is 13.0 Å². The van der Waals surface area contributed by atoms with E-state index in [1.807, 2.05) is 41.5 Å². The molecule has 2 aromatic carbocycles. The maximum atomic E-state index is 15.7. The van der Waals surface area contributed by atoms with E-state index in [1.54, 1.807) is 7.11 Å². The van der Waals surface area contributed by atoms with Crippen molar-refractivity contribution < 1.29 is 18.3 Å². The van der Waals surface area contributed by atoms with Crippen LogP contribution in [-0.2, 0) is 11.8 Å². The van der Waals surface area contributed by atoms with Gasteiger partial charge in [0.2, 0.25) is 0 Å². The molecule has 0 spiro atoms. The molecular weight excluding hydrogens is 530 g/mol. The molecule has 6 nitrogen and oxygen atoms in total. The van der Waals surface area contributed by atoms with Gasteiger partial charge in [-0.1, -0.05) is 12.0 Å². The third kappa shape index (κ3) is 5.06. The number of pyridine rings is 1. The number of ether oxygens (including phenoxy) is 2. The predicted octanol–water partition coefficient (Wildman–Crippen LogP) is 6.17. The number of aromatic nitrogens is 3.